The zero-order chi connectivity index (χ0) is 13.1. The maximum Gasteiger partial charge on any atom is 0.203 e. The van der Waals surface area contributed by atoms with Crippen LogP contribution in [-0.2, 0) is 6.54 Å². The minimum Gasteiger partial charge on any atom is -0.493 e. The second kappa shape index (κ2) is 5.09. The van der Waals surface area contributed by atoms with E-state index < -0.39 is 0 Å². The number of H-pyrrole nitrogens is 1. The van der Waals surface area contributed by atoms with E-state index in [2.05, 4.69) is 15.5 Å². The fraction of sp³-hybridized carbons (Fsp3) is 0.308. The zero-order valence-corrected chi connectivity index (χ0v) is 10.6. The number of rotatable bonds is 4. The van der Waals surface area contributed by atoms with E-state index in [4.69, 9.17) is 14.2 Å². The Bertz CT molecular complexity index is 537. The molecule has 0 amide bonds. The molecule has 6 nitrogen and oxygen atoms in total. The lowest BCUT2D eigenvalue weighted by Crippen LogP contribution is -2.16. The summed E-state index contributed by atoms with van der Waals surface area (Å²) >= 11 is 0. The molecule has 0 saturated carbocycles. The first kappa shape index (κ1) is 11.7. The van der Waals surface area contributed by atoms with Gasteiger partial charge in [0.2, 0.25) is 5.75 Å². The van der Waals surface area contributed by atoms with Crippen LogP contribution in [0.3, 0.4) is 0 Å². The Hall–Kier alpha value is -2.37. The molecule has 1 aliphatic rings. The average molecular weight is 261 g/mol. The number of anilines is 1. The molecule has 2 aromatic rings. The molecule has 0 atom stereocenters. The predicted octanol–water partition coefficient (Wildman–Crippen LogP) is 1.80. The van der Waals surface area contributed by atoms with E-state index in [0.717, 1.165) is 17.0 Å². The van der Waals surface area contributed by atoms with Crippen LogP contribution in [-0.4, -0.2) is 30.5 Å². The number of hydrogen-bond donors (Lipinski definition) is 2. The molecular formula is C13H15N3O3. The van der Waals surface area contributed by atoms with Crippen LogP contribution < -0.4 is 19.5 Å². The Morgan fingerprint density at radius 2 is 2.26 bits per heavy atom. The zero-order valence-electron chi connectivity index (χ0n) is 10.6. The third-order valence-electron chi connectivity index (χ3n) is 2.88. The Balaban J connectivity index is 1.81. The first-order valence-electron chi connectivity index (χ1n) is 6.06. The summed E-state index contributed by atoms with van der Waals surface area (Å²) in [7, 11) is 1.63. The molecule has 1 aromatic heterocycles. The first-order chi connectivity index (χ1) is 9.36. The second-order valence-electron chi connectivity index (χ2n) is 4.16. The second-order valence-corrected chi connectivity index (χ2v) is 4.16. The largest absolute Gasteiger partial charge is 0.493 e. The van der Waals surface area contributed by atoms with Gasteiger partial charge in [-0.05, 0) is 17.7 Å². The summed E-state index contributed by atoms with van der Waals surface area (Å²) in [5, 5.41) is 9.89. The lowest BCUT2D eigenvalue weighted by molar-refractivity contribution is 0.165. The van der Waals surface area contributed by atoms with E-state index in [1.54, 1.807) is 19.5 Å². The van der Waals surface area contributed by atoms with Gasteiger partial charge in [-0.15, -0.1) is 0 Å². The van der Waals surface area contributed by atoms with Gasteiger partial charge in [-0.1, -0.05) is 0 Å². The standard InChI is InChI=1S/C13H15N3O3/c1-17-11-4-9(6-14-10-7-15-16-8-10)5-12-13(11)19-3-2-18-12/h4-5,7-8,14H,2-3,6H2,1H3,(H,15,16). The van der Waals surface area contributed by atoms with Crippen molar-refractivity contribution in [2.24, 2.45) is 0 Å². The normalized spacial score (nSPS) is 13.1. The third kappa shape index (κ3) is 2.42. The van der Waals surface area contributed by atoms with Gasteiger partial charge in [-0.2, -0.15) is 5.10 Å². The van der Waals surface area contributed by atoms with Crippen molar-refractivity contribution in [1.82, 2.24) is 10.2 Å². The molecule has 100 valence electrons. The molecule has 0 radical (unpaired) electrons. The Kier molecular flexibility index (Phi) is 3.14. The molecule has 0 unspecified atom stereocenters. The van der Waals surface area contributed by atoms with Crippen molar-refractivity contribution in [2.75, 3.05) is 25.6 Å². The van der Waals surface area contributed by atoms with E-state index in [0.29, 0.717) is 31.3 Å². The Morgan fingerprint density at radius 1 is 1.37 bits per heavy atom. The van der Waals surface area contributed by atoms with E-state index in [-0.39, 0.29) is 0 Å². The summed E-state index contributed by atoms with van der Waals surface area (Å²) in [6, 6.07) is 3.91. The fourth-order valence-electron chi connectivity index (χ4n) is 1.98. The van der Waals surface area contributed by atoms with Crippen molar-refractivity contribution in [3.63, 3.8) is 0 Å². The van der Waals surface area contributed by atoms with Crippen LogP contribution in [0.2, 0.25) is 0 Å². The maximum absolute atomic E-state index is 5.59. The topological polar surface area (TPSA) is 68.4 Å². The van der Waals surface area contributed by atoms with Gasteiger partial charge in [0.05, 0.1) is 19.0 Å². The molecule has 2 heterocycles. The highest BCUT2D eigenvalue weighted by Gasteiger charge is 2.18. The summed E-state index contributed by atoms with van der Waals surface area (Å²) in [5.74, 6) is 2.11. The van der Waals surface area contributed by atoms with Gasteiger partial charge in [0.15, 0.2) is 11.5 Å². The summed E-state index contributed by atoms with van der Waals surface area (Å²) in [4.78, 5) is 0. The van der Waals surface area contributed by atoms with Crippen LogP contribution in [0.1, 0.15) is 5.56 Å². The lowest BCUT2D eigenvalue weighted by Gasteiger charge is -2.21. The van der Waals surface area contributed by atoms with Crippen molar-refractivity contribution in [3.05, 3.63) is 30.1 Å². The number of aromatic amines is 1. The molecular weight excluding hydrogens is 246 g/mol. The number of fused-ring (bicyclic) bond motifs is 1. The van der Waals surface area contributed by atoms with Crippen molar-refractivity contribution in [3.8, 4) is 17.2 Å². The SMILES string of the molecule is COc1cc(CNc2cn[nH]c2)cc2c1OCCO2. The number of aromatic nitrogens is 2. The molecule has 3 rings (SSSR count). The highest BCUT2D eigenvalue weighted by molar-refractivity contribution is 5.55. The summed E-state index contributed by atoms with van der Waals surface area (Å²) < 4.78 is 16.5. The number of ether oxygens (including phenoxy) is 3. The highest BCUT2D eigenvalue weighted by atomic mass is 16.6. The minimum absolute atomic E-state index is 0.552. The molecule has 6 heteroatoms. The van der Waals surface area contributed by atoms with Crippen LogP contribution in [0, 0.1) is 0 Å². The van der Waals surface area contributed by atoms with E-state index in [1.807, 2.05) is 12.1 Å². The maximum atomic E-state index is 5.59. The number of benzene rings is 1. The van der Waals surface area contributed by atoms with Crippen LogP contribution in [0.15, 0.2) is 24.5 Å². The molecule has 1 aliphatic heterocycles. The van der Waals surface area contributed by atoms with Crippen molar-refractivity contribution in [2.45, 2.75) is 6.54 Å². The number of nitrogens with zero attached hydrogens (tertiary/aromatic N) is 1. The Labute approximate surface area is 110 Å². The average Bonchev–Trinajstić information content (AvgIpc) is 2.97. The van der Waals surface area contributed by atoms with Crippen LogP contribution >= 0.6 is 0 Å². The van der Waals surface area contributed by atoms with Gasteiger partial charge >= 0.3 is 0 Å². The van der Waals surface area contributed by atoms with Crippen molar-refractivity contribution < 1.29 is 14.2 Å². The van der Waals surface area contributed by atoms with Crippen LogP contribution in [0.25, 0.3) is 0 Å². The minimum atomic E-state index is 0.552. The summed E-state index contributed by atoms with van der Waals surface area (Å²) in [6.45, 7) is 1.78. The van der Waals surface area contributed by atoms with Gasteiger partial charge in [0, 0.05) is 12.7 Å². The highest BCUT2D eigenvalue weighted by Crippen LogP contribution is 2.40. The van der Waals surface area contributed by atoms with Crippen molar-refractivity contribution >= 4 is 5.69 Å². The van der Waals surface area contributed by atoms with Gasteiger partial charge < -0.3 is 19.5 Å². The first-order valence-corrected chi connectivity index (χ1v) is 6.06. The quantitative estimate of drug-likeness (QED) is 0.878. The summed E-state index contributed by atoms with van der Waals surface area (Å²) in [6.07, 6.45) is 3.53. The molecule has 0 aliphatic carbocycles. The number of methoxy groups -OCH3 is 1. The molecule has 1 aromatic carbocycles. The van der Waals surface area contributed by atoms with Gasteiger partial charge in [0.25, 0.3) is 0 Å². The van der Waals surface area contributed by atoms with Gasteiger partial charge in [-0.25, -0.2) is 0 Å². The van der Waals surface area contributed by atoms with Crippen LogP contribution in [0.5, 0.6) is 17.2 Å². The van der Waals surface area contributed by atoms with Gasteiger partial charge in [0.1, 0.15) is 13.2 Å². The molecule has 0 saturated heterocycles. The van der Waals surface area contributed by atoms with Crippen molar-refractivity contribution in [1.29, 1.82) is 0 Å². The fourth-order valence-corrected chi connectivity index (χ4v) is 1.98. The monoisotopic (exact) mass is 261 g/mol. The van der Waals surface area contributed by atoms with E-state index in [9.17, 15) is 0 Å². The predicted molar refractivity (Wildman–Crippen MR) is 69.9 cm³/mol. The van der Waals surface area contributed by atoms with E-state index >= 15 is 0 Å². The Morgan fingerprint density at radius 3 is 3.05 bits per heavy atom. The molecule has 0 bridgehead atoms. The molecule has 0 fully saturated rings. The molecule has 0 spiro atoms. The lowest BCUT2D eigenvalue weighted by atomic mass is 10.1. The number of hydrogen-bond acceptors (Lipinski definition) is 5. The molecule has 2 N–H and O–H groups in total. The molecule has 19 heavy (non-hydrogen) atoms. The van der Waals surface area contributed by atoms with Gasteiger partial charge in [-0.3, -0.25) is 5.10 Å². The summed E-state index contributed by atoms with van der Waals surface area (Å²) in [5.41, 5.74) is 2.00. The van der Waals surface area contributed by atoms with Crippen LogP contribution in [0.4, 0.5) is 5.69 Å². The smallest absolute Gasteiger partial charge is 0.203 e. The third-order valence-corrected chi connectivity index (χ3v) is 2.88. The number of nitrogens with one attached hydrogen (secondary N) is 2. The van der Waals surface area contributed by atoms with E-state index in [1.165, 1.54) is 0 Å².